The van der Waals surface area contributed by atoms with Gasteiger partial charge in [0, 0.05) is 0 Å². The largest absolute Gasteiger partial charge is 0.394 e. The summed E-state index contributed by atoms with van der Waals surface area (Å²) in [6.45, 7) is 3.58. The Bertz CT molecular complexity index is 948. The Hall–Kier alpha value is -1.37. The summed E-state index contributed by atoms with van der Waals surface area (Å²) < 4.78 is 11.1. The standard InChI is InChI=1S/C46H87NO9/c1-3-5-7-9-11-13-15-17-18-19-20-21-23-25-27-29-31-33-35-40(50)45(54)47-38(37-55-46-44(53)43(52)42(51)41(36-48)56-46)39(49)34-32-30-28-26-24-22-16-14-12-10-8-6-4-2/h24,26,32,34,38-44,46,48-53H,3-23,25,27-31,33,35-37H2,1-2H3,(H,47,54)/b26-24-,34-32+/t38-,39+,40+,41+,42+,43-,44+,46+/m0/s1. The van der Waals surface area contributed by atoms with Crippen molar-refractivity contribution in [2.45, 2.75) is 249 Å². The van der Waals surface area contributed by atoms with Crippen LogP contribution in [0.1, 0.15) is 200 Å². The molecule has 10 nitrogen and oxygen atoms in total. The van der Waals surface area contributed by atoms with Crippen LogP contribution < -0.4 is 5.32 Å². The summed E-state index contributed by atoms with van der Waals surface area (Å²) in [4.78, 5) is 13.0. The molecule has 1 saturated heterocycles. The molecule has 8 atom stereocenters. The molecule has 0 aromatic rings. The lowest BCUT2D eigenvalue weighted by Gasteiger charge is -2.40. The minimum absolute atomic E-state index is 0.308. The Morgan fingerprint density at radius 1 is 0.607 bits per heavy atom. The van der Waals surface area contributed by atoms with Gasteiger partial charge in [-0.3, -0.25) is 4.79 Å². The highest BCUT2D eigenvalue weighted by Gasteiger charge is 2.44. The van der Waals surface area contributed by atoms with E-state index in [2.05, 4.69) is 31.3 Å². The number of amides is 1. The molecule has 1 aliphatic heterocycles. The Morgan fingerprint density at radius 3 is 1.55 bits per heavy atom. The quantitative estimate of drug-likeness (QED) is 0.0239. The molecule has 330 valence electrons. The summed E-state index contributed by atoms with van der Waals surface area (Å²) in [6.07, 6.45) is 32.7. The van der Waals surface area contributed by atoms with Gasteiger partial charge in [-0.2, -0.15) is 0 Å². The van der Waals surface area contributed by atoms with Crippen LogP contribution in [0.2, 0.25) is 0 Å². The second kappa shape index (κ2) is 36.7. The molecule has 1 amide bonds. The maximum Gasteiger partial charge on any atom is 0.249 e. The fourth-order valence-electron chi connectivity index (χ4n) is 7.30. The first-order chi connectivity index (χ1) is 27.3. The van der Waals surface area contributed by atoms with Crippen LogP contribution >= 0.6 is 0 Å². The van der Waals surface area contributed by atoms with Gasteiger partial charge in [-0.25, -0.2) is 0 Å². The number of hydrogen-bond acceptors (Lipinski definition) is 9. The first-order valence-corrected chi connectivity index (χ1v) is 23.2. The molecule has 0 aromatic carbocycles. The van der Waals surface area contributed by atoms with E-state index in [0.717, 1.165) is 32.1 Å². The highest BCUT2D eigenvalue weighted by Crippen LogP contribution is 2.23. The lowest BCUT2D eigenvalue weighted by atomic mass is 9.99. The van der Waals surface area contributed by atoms with E-state index in [0.29, 0.717) is 19.3 Å². The van der Waals surface area contributed by atoms with Crippen LogP contribution in [0.4, 0.5) is 0 Å². The second-order valence-electron chi connectivity index (χ2n) is 16.3. The average molecular weight is 798 g/mol. The Kier molecular flexibility index (Phi) is 34.5. The predicted octanol–water partition coefficient (Wildman–Crippen LogP) is 8.47. The van der Waals surface area contributed by atoms with E-state index in [1.54, 1.807) is 6.08 Å². The van der Waals surface area contributed by atoms with Crippen molar-refractivity contribution >= 4 is 5.91 Å². The highest BCUT2D eigenvalue weighted by atomic mass is 16.7. The zero-order valence-corrected chi connectivity index (χ0v) is 35.8. The van der Waals surface area contributed by atoms with Crippen LogP contribution in [0.3, 0.4) is 0 Å². The molecule has 0 aromatic heterocycles. The third kappa shape index (κ3) is 26.6. The van der Waals surface area contributed by atoms with Gasteiger partial charge in [0.05, 0.1) is 25.4 Å². The van der Waals surface area contributed by atoms with Gasteiger partial charge in [-0.15, -0.1) is 0 Å². The molecule has 10 heteroatoms. The van der Waals surface area contributed by atoms with Crippen molar-refractivity contribution in [3.8, 4) is 0 Å². The minimum atomic E-state index is -1.61. The van der Waals surface area contributed by atoms with Gasteiger partial charge < -0.3 is 45.4 Å². The second-order valence-corrected chi connectivity index (χ2v) is 16.3. The van der Waals surface area contributed by atoms with Gasteiger partial charge in [0.15, 0.2) is 6.29 Å². The number of aliphatic hydroxyl groups excluding tert-OH is 6. The molecule has 7 N–H and O–H groups in total. The summed E-state index contributed by atoms with van der Waals surface area (Å²) in [5, 5.41) is 64.6. The SMILES string of the molecule is CCCCCCCCC/C=C\CC/C=C/[C@@H](O)[C@H](CO[C@@H]1O[C@H](CO)[C@@H](O)[C@H](O)[C@H]1O)NC(=O)[C@H](O)CCCCCCCCCCCCCCCCCCCC. The molecular formula is C46H87NO9. The van der Waals surface area contributed by atoms with Gasteiger partial charge in [0.2, 0.25) is 5.91 Å². The average Bonchev–Trinajstić information content (AvgIpc) is 3.20. The molecule has 0 spiro atoms. The lowest BCUT2D eigenvalue weighted by molar-refractivity contribution is -0.302. The topological polar surface area (TPSA) is 169 Å². The van der Waals surface area contributed by atoms with Crippen LogP contribution in [0.15, 0.2) is 24.3 Å². The molecule has 0 aliphatic carbocycles. The summed E-state index contributed by atoms with van der Waals surface area (Å²) in [5.41, 5.74) is 0. The number of unbranched alkanes of at least 4 members (excludes halogenated alkanes) is 25. The van der Waals surface area contributed by atoms with Gasteiger partial charge in [-0.1, -0.05) is 192 Å². The van der Waals surface area contributed by atoms with Crippen molar-refractivity contribution in [3.63, 3.8) is 0 Å². The van der Waals surface area contributed by atoms with E-state index in [1.165, 1.54) is 135 Å². The number of ether oxygens (including phenoxy) is 2. The van der Waals surface area contributed by atoms with E-state index in [4.69, 9.17) is 9.47 Å². The monoisotopic (exact) mass is 798 g/mol. The summed E-state index contributed by atoms with van der Waals surface area (Å²) >= 11 is 0. The molecule has 0 saturated carbocycles. The molecule has 1 heterocycles. The number of carbonyl (C=O) groups is 1. The smallest absolute Gasteiger partial charge is 0.249 e. The van der Waals surface area contributed by atoms with E-state index in [9.17, 15) is 35.4 Å². The van der Waals surface area contributed by atoms with Crippen LogP contribution in [0.25, 0.3) is 0 Å². The van der Waals surface area contributed by atoms with Gasteiger partial charge in [0.1, 0.15) is 30.5 Å². The summed E-state index contributed by atoms with van der Waals surface area (Å²) in [5.74, 6) is -0.625. The van der Waals surface area contributed by atoms with Crippen molar-refractivity contribution in [3.05, 3.63) is 24.3 Å². The van der Waals surface area contributed by atoms with E-state index < -0.39 is 61.5 Å². The molecular weight excluding hydrogens is 711 g/mol. The molecule has 0 bridgehead atoms. The maximum atomic E-state index is 13.0. The Morgan fingerprint density at radius 2 is 1.05 bits per heavy atom. The third-order valence-corrected chi connectivity index (χ3v) is 11.1. The zero-order valence-electron chi connectivity index (χ0n) is 35.8. The van der Waals surface area contributed by atoms with Crippen molar-refractivity contribution in [2.24, 2.45) is 0 Å². The van der Waals surface area contributed by atoms with Crippen molar-refractivity contribution in [1.82, 2.24) is 5.32 Å². The maximum absolute atomic E-state index is 13.0. The predicted molar refractivity (Wildman–Crippen MR) is 227 cm³/mol. The van der Waals surface area contributed by atoms with Gasteiger partial charge >= 0.3 is 0 Å². The fraction of sp³-hybridized carbons (Fsp3) is 0.891. The van der Waals surface area contributed by atoms with Crippen LogP contribution in [0, 0.1) is 0 Å². The summed E-state index contributed by atoms with van der Waals surface area (Å²) in [7, 11) is 0. The van der Waals surface area contributed by atoms with Gasteiger partial charge in [0.25, 0.3) is 0 Å². The molecule has 0 unspecified atom stereocenters. The summed E-state index contributed by atoms with van der Waals surface area (Å²) in [6, 6.07) is -0.992. The number of hydrogen-bond donors (Lipinski definition) is 7. The van der Waals surface area contributed by atoms with Gasteiger partial charge in [-0.05, 0) is 32.1 Å². The van der Waals surface area contributed by atoms with Crippen LogP contribution in [-0.2, 0) is 14.3 Å². The fourth-order valence-corrected chi connectivity index (χ4v) is 7.30. The number of nitrogens with one attached hydrogen (secondary N) is 1. The van der Waals surface area contributed by atoms with Crippen LogP contribution in [0.5, 0.6) is 0 Å². The van der Waals surface area contributed by atoms with Crippen molar-refractivity contribution < 1.29 is 44.9 Å². The van der Waals surface area contributed by atoms with Crippen molar-refractivity contribution in [1.29, 1.82) is 0 Å². The number of rotatable bonds is 38. The lowest BCUT2D eigenvalue weighted by Crippen LogP contribution is -2.60. The van der Waals surface area contributed by atoms with E-state index in [1.807, 2.05) is 6.08 Å². The van der Waals surface area contributed by atoms with E-state index in [-0.39, 0.29) is 6.61 Å². The molecule has 0 radical (unpaired) electrons. The normalized spacial score (nSPS) is 21.9. The van der Waals surface area contributed by atoms with E-state index >= 15 is 0 Å². The Labute approximate surface area is 341 Å². The minimum Gasteiger partial charge on any atom is -0.394 e. The number of allylic oxidation sites excluding steroid dienone is 3. The molecule has 56 heavy (non-hydrogen) atoms. The first kappa shape index (κ1) is 52.6. The number of aliphatic hydroxyl groups is 6. The number of carbonyl (C=O) groups excluding carboxylic acids is 1. The molecule has 1 fully saturated rings. The highest BCUT2D eigenvalue weighted by molar-refractivity contribution is 5.80. The third-order valence-electron chi connectivity index (χ3n) is 11.1. The molecule has 1 rings (SSSR count). The van der Waals surface area contributed by atoms with Crippen LogP contribution in [-0.4, -0.2) is 98.7 Å². The molecule has 1 aliphatic rings. The zero-order chi connectivity index (χ0) is 41.1. The first-order valence-electron chi connectivity index (χ1n) is 23.2. The van der Waals surface area contributed by atoms with Crippen molar-refractivity contribution in [2.75, 3.05) is 13.2 Å². The Balaban J connectivity index is 2.41.